The van der Waals surface area contributed by atoms with Crippen molar-refractivity contribution in [2.45, 2.75) is 30.6 Å². The Bertz CT molecular complexity index is 1300. The van der Waals surface area contributed by atoms with E-state index in [-0.39, 0.29) is 24.3 Å². The number of aliphatic carboxylic acids is 1. The minimum Gasteiger partial charge on any atom is -0.481 e. The van der Waals surface area contributed by atoms with Crippen LogP contribution in [-0.4, -0.2) is 42.0 Å². The summed E-state index contributed by atoms with van der Waals surface area (Å²) in [6.07, 6.45) is 1.35. The monoisotopic (exact) mass is 490 g/mol. The molecule has 0 aliphatic carbocycles. The third kappa shape index (κ3) is 5.60. The Hall–Kier alpha value is -3.73. The van der Waals surface area contributed by atoms with Crippen LogP contribution in [0.5, 0.6) is 0 Å². The molecule has 1 atom stereocenters. The van der Waals surface area contributed by atoms with Gasteiger partial charge >= 0.3 is 5.97 Å². The topological polar surface area (TPSA) is 129 Å². The molecular weight excluding hydrogens is 467 g/mol. The molecule has 1 aromatic heterocycles. The predicted molar refractivity (Wildman–Crippen MR) is 122 cm³/mol. The minimum atomic E-state index is -3.40. The molecule has 3 aromatic rings. The van der Waals surface area contributed by atoms with E-state index in [2.05, 4.69) is 4.84 Å². The third-order valence-corrected chi connectivity index (χ3v) is 6.59. The number of carboxylic acid groups (broad SMARTS) is 1. The second kappa shape index (κ2) is 10.0. The number of hydrogen-bond donors (Lipinski definition) is 1. The van der Waals surface area contributed by atoms with E-state index < -0.39 is 32.6 Å². The Morgan fingerprint density at radius 1 is 1.18 bits per heavy atom. The van der Waals surface area contributed by atoms with Gasteiger partial charge in [0.05, 0.1) is 23.1 Å². The number of benzene rings is 2. The van der Waals surface area contributed by atoms with Crippen molar-refractivity contribution < 1.29 is 32.6 Å². The lowest BCUT2D eigenvalue weighted by Gasteiger charge is -2.15. The Balaban J connectivity index is 2.10. The van der Waals surface area contributed by atoms with Gasteiger partial charge in [-0.15, -0.1) is 10.1 Å². The maximum atomic E-state index is 13.5. The summed E-state index contributed by atoms with van der Waals surface area (Å²) in [5, 5.41) is 19.3. The summed E-state index contributed by atoms with van der Waals surface area (Å²) < 4.78 is 39.0. The number of hydrogen-bond acceptors (Lipinski definition) is 6. The van der Waals surface area contributed by atoms with Gasteiger partial charge < -0.3 is 14.5 Å². The molecule has 0 saturated carbocycles. The minimum absolute atomic E-state index is 0.101. The average molecular weight is 491 g/mol. The van der Waals surface area contributed by atoms with Gasteiger partial charge in [0.15, 0.2) is 9.84 Å². The zero-order valence-electron chi connectivity index (χ0n) is 18.5. The van der Waals surface area contributed by atoms with Crippen LogP contribution in [0.2, 0.25) is 0 Å². The molecule has 1 unspecified atom stereocenters. The van der Waals surface area contributed by atoms with Gasteiger partial charge in [-0.05, 0) is 73.4 Å². The van der Waals surface area contributed by atoms with E-state index in [9.17, 15) is 32.8 Å². The number of sulfone groups is 1. The predicted octanol–water partition coefficient (Wildman–Crippen LogP) is 4.15. The number of rotatable bonds is 10. The van der Waals surface area contributed by atoms with Crippen LogP contribution >= 0.6 is 0 Å². The van der Waals surface area contributed by atoms with Gasteiger partial charge in [0, 0.05) is 17.6 Å². The smallest absolute Gasteiger partial charge is 0.311 e. The van der Waals surface area contributed by atoms with Crippen molar-refractivity contribution in [2.75, 3.05) is 12.9 Å². The second-order valence-electron chi connectivity index (χ2n) is 7.77. The van der Waals surface area contributed by atoms with Gasteiger partial charge in [0.1, 0.15) is 5.82 Å². The summed E-state index contributed by atoms with van der Waals surface area (Å²) in [4.78, 5) is 26.9. The Kier molecular flexibility index (Phi) is 7.35. The molecule has 0 bridgehead atoms. The third-order valence-electron chi connectivity index (χ3n) is 5.46. The molecule has 0 aliphatic rings. The largest absolute Gasteiger partial charge is 0.481 e. The molecule has 1 heterocycles. The quantitative estimate of drug-likeness (QED) is 0.257. The van der Waals surface area contributed by atoms with Gasteiger partial charge in [-0.1, -0.05) is 12.1 Å². The molecule has 11 heteroatoms. The van der Waals surface area contributed by atoms with Crippen molar-refractivity contribution in [1.29, 1.82) is 0 Å². The standard InChI is InChI=1S/C23H23FN2O7S/c1-15-21(20(23(27)28)4-3-13-33-26(29)30)14-22(25(15)18-9-7-17(24)8-10-18)16-5-11-19(12-6-16)34(2,31)32/h5-12,14,20H,3-4,13H2,1-2H3,(H,27,28). The SMILES string of the molecule is Cc1c(C(CCCO[N+](=O)[O-])C(=O)O)cc(-c2ccc(S(C)(=O)=O)cc2)n1-c1ccc(F)cc1. The van der Waals surface area contributed by atoms with E-state index in [4.69, 9.17) is 0 Å². The molecule has 0 spiro atoms. The van der Waals surface area contributed by atoms with Crippen LogP contribution in [0.25, 0.3) is 16.9 Å². The first-order valence-corrected chi connectivity index (χ1v) is 12.2. The first-order valence-electron chi connectivity index (χ1n) is 10.3. The highest BCUT2D eigenvalue weighted by molar-refractivity contribution is 7.90. The summed E-state index contributed by atoms with van der Waals surface area (Å²) in [7, 11) is -3.40. The average Bonchev–Trinajstić information content (AvgIpc) is 3.10. The lowest BCUT2D eigenvalue weighted by atomic mass is 9.94. The van der Waals surface area contributed by atoms with Crippen LogP contribution in [0.15, 0.2) is 59.5 Å². The summed E-state index contributed by atoms with van der Waals surface area (Å²) in [6, 6.07) is 13.6. The van der Waals surface area contributed by atoms with Gasteiger partial charge in [0.2, 0.25) is 0 Å². The molecule has 34 heavy (non-hydrogen) atoms. The van der Waals surface area contributed by atoms with Gasteiger partial charge in [-0.3, -0.25) is 4.79 Å². The van der Waals surface area contributed by atoms with E-state index in [0.29, 0.717) is 28.2 Å². The fourth-order valence-electron chi connectivity index (χ4n) is 3.83. The van der Waals surface area contributed by atoms with Crippen LogP contribution in [0.3, 0.4) is 0 Å². The Labute approximate surface area is 195 Å². The Morgan fingerprint density at radius 3 is 2.32 bits per heavy atom. The van der Waals surface area contributed by atoms with E-state index in [1.54, 1.807) is 41.8 Å². The van der Waals surface area contributed by atoms with Crippen molar-refractivity contribution in [3.8, 4) is 16.9 Å². The van der Waals surface area contributed by atoms with Crippen LogP contribution in [0.4, 0.5) is 4.39 Å². The van der Waals surface area contributed by atoms with Crippen LogP contribution in [0, 0.1) is 22.9 Å². The molecule has 180 valence electrons. The number of carbonyl (C=O) groups is 1. The van der Waals surface area contributed by atoms with Gasteiger partial charge in [-0.2, -0.15) is 0 Å². The van der Waals surface area contributed by atoms with Crippen LogP contribution in [-0.2, 0) is 19.5 Å². The number of halogens is 1. The second-order valence-corrected chi connectivity index (χ2v) is 9.78. The number of aromatic nitrogens is 1. The molecule has 0 saturated heterocycles. The van der Waals surface area contributed by atoms with Crippen molar-refractivity contribution in [3.63, 3.8) is 0 Å². The van der Waals surface area contributed by atoms with Gasteiger partial charge in [-0.25, -0.2) is 12.8 Å². The number of nitrogens with zero attached hydrogens (tertiary/aromatic N) is 2. The maximum Gasteiger partial charge on any atom is 0.311 e. The van der Waals surface area contributed by atoms with Gasteiger partial charge in [0.25, 0.3) is 5.09 Å². The fourth-order valence-corrected chi connectivity index (χ4v) is 4.46. The van der Waals surface area contributed by atoms with Crippen molar-refractivity contribution in [3.05, 3.63) is 81.8 Å². The zero-order valence-corrected chi connectivity index (χ0v) is 19.3. The normalized spacial score (nSPS) is 12.3. The van der Waals surface area contributed by atoms with E-state index in [1.165, 1.54) is 24.3 Å². The highest BCUT2D eigenvalue weighted by Crippen LogP contribution is 2.35. The molecule has 0 radical (unpaired) electrons. The molecule has 1 N–H and O–H groups in total. The molecule has 3 rings (SSSR count). The maximum absolute atomic E-state index is 13.5. The molecule has 0 aliphatic heterocycles. The fraction of sp³-hybridized carbons (Fsp3) is 0.261. The highest BCUT2D eigenvalue weighted by Gasteiger charge is 2.26. The van der Waals surface area contributed by atoms with Crippen molar-refractivity contribution in [1.82, 2.24) is 4.57 Å². The first kappa shape index (κ1) is 24.9. The summed E-state index contributed by atoms with van der Waals surface area (Å²) in [5.74, 6) is -2.49. The van der Waals surface area contributed by atoms with Crippen molar-refractivity contribution in [2.24, 2.45) is 0 Å². The summed E-state index contributed by atoms with van der Waals surface area (Å²) in [5.41, 5.74) is 2.89. The zero-order chi connectivity index (χ0) is 25.0. The van der Waals surface area contributed by atoms with Crippen LogP contribution < -0.4 is 0 Å². The van der Waals surface area contributed by atoms with Crippen molar-refractivity contribution >= 4 is 15.8 Å². The highest BCUT2D eigenvalue weighted by atomic mass is 32.2. The molecular formula is C23H23FN2O7S. The van der Waals surface area contributed by atoms with E-state index in [0.717, 1.165) is 6.26 Å². The van der Waals surface area contributed by atoms with Crippen LogP contribution in [0.1, 0.15) is 30.0 Å². The van der Waals surface area contributed by atoms with E-state index >= 15 is 0 Å². The molecule has 9 nitrogen and oxygen atoms in total. The molecule has 0 amide bonds. The summed E-state index contributed by atoms with van der Waals surface area (Å²) in [6.45, 7) is 1.50. The molecule has 0 fully saturated rings. The first-order chi connectivity index (χ1) is 16.0. The number of carboxylic acids is 1. The Morgan fingerprint density at radius 2 is 1.79 bits per heavy atom. The molecule has 2 aromatic carbocycles. The summed E-state index contributed by atoms with van der Waals surface area (Å²) >= 11 is 0. The lowest BCUT2D eigenvalue weighted by Crippen LogP contribution is -2.14. The van der Waals surface area contributed by atoms with E-state index in [1.807, 2.05) is 0 Å². The lowest BCUT2D eigenvalue weighted by molar-refractivity contribution is -0.757.